The zero-order chi connectivity index (χ0) is 14.6. The van der Waals surface area contributed by atoms with Gasteiger partial charge in [0.25, 0.3) is 0 Å². The summed E-state index contributed by atoms with van der Waals surface area (Å²) in [5, 5.41) is 2.73. The van der Waals surface area contributed by atoms with Crippen LogP contribution in [-0.4, -0.2) is 43.3 Å². The normalized spacial score (nSPS) is 22.7. The van der Waals surface area contributed by atoms with Gasteiger partial charge >= 0.3 is 0 Å². The van der Waals surface area contributed by atoms with Crippen molar-refractivity contribution < 1.29 is 9.59 Å². The number of hydrogen-bond acceptors (Lipinski definition) is 3. The Morgan fingerprint density at radius 1 is 1.30 bits per heavy atom. The summed E-state index contributed by atoms with van der Waals surface area (Å²) >= 11 is 0. The fourth-order valence-corrected chi connectivity index (χ4v) is 2.76. The SMILES string of the molecule is CNC(=O)C1(C)CCN(CCC(=O)c2ccccc2)C1. The molecule has 2 rings (SSSR count). The zero-order valence-electron chi connectivity index (χ0n) is 12.2. The van der Waals surface area contributed by atoms with Gasteiger partial charge in [0.15, 0.2) is 5.78 Å². The van der Waals surface area contributed by atoms with Crippen LogP contribution < -0.4 is 5.32 Å². The molecule has 4 heteroatoms. The van der Waals surface area contributed by atoms with E-state index in [4.69, 9.17) is 0 Å². The van der Waals surface area contributed by atoms with Crippen LogP contribution in [-0.2, 0) is 4.79 Å². The molecule has 1 aliphatic rings. The molecular weight excluding hydrogens is 252 g/mol. The third kappa shape index (κ3) is 3.25. The molecule has 1 N–H and O–H groups in total. The Balaban J connectivity index is 1.85. The maximum Gasteiger partial charge on any atom is 0.227 e. The fourth-order valence-electron chi connectivity index (χ4n) is 2.76. The molecule has 1 aromatic rings. The van der Waals surface area contributed by atoms with Crippen molar-refractivity contribution >= 4 is 11.7 Å². The maximum absolute atomic E-state index is 12.0. The lowest BCUT2D eigenvalue weighted by Gasteiger charge is -2.22. The summed E-state index contributed by atoms with van der Waals surface area (Å²) in [6.45, 7) is 4.33. The van der Waals surface area contributed by atoms with Gasteiger partial charge in [-0.2, -0.15) is 0 Å². The van der Waals surface area contributed by atoms with Crippen molar-refractivity contribution in [2.45, 2.75) is 19.8 Å². The first-order valence-corrected chi connectivity index (χ1v) is 7.08. The van der Waals surface area contributed by atoms with E-state index >= 15 is 0 Å². The molecule has 0 saturated carbocycles. The number of rotatable bonds is 5. The summed E-state index contributed by atoms with van der Waals surface area (Å²) in [5.74, 6) is 0.258. The minimum Gasteiger partial charge on any atom is -0.359 e. The second-order valence-electron chi connectivity index (χ2n) is 5.71. The predicted octanol–water partition coefficient (Wildman–Crippen LogP) is 1.72. The second kappa shape index (κ2) is 6.18. The van der Waals surface area contributed by atoms with Crippen molar-refractivity contribution in [1.29, 1.82) is 0 Å². The first kappa shape index (κ1) is 14.7. The minimum absolute atomic E-state index is 0.0920. The molecule has 0 aromatic heterocycles. The Labute approximate surface area is 120 Å². The number of carbonyl (C=O) groups excluding carboxylic acids is 2. The molecule has 1 unspecified atom stereocenters. The molecule has 0 bridgehead atoms. The number of amides is 1. The van der Waals surface area contributed by atoms with Crippen molar-refractivity contribution in [3.63, 3.8) is 0 Å². The first-order valence-electron chi connectivity index (χ1n) is 7.08. The van der Waals surface area contributed by atoms with Gasteiger partial charge in [-0.1, -0.05) is 30.3 Å². The van der Waals surface area contributed by atoms with Crippen LogP contribution in [0.4, 0.5) is 0 Å². The maximum atomic E-state index is 12.0. The summed E-state index contributed by atoms with van der Waals surface area (Å²) in [6, 6.07) is 9.37. The quantitative estimate of drug-likeness (QED) is 0.832. The van der Waals surface area contributed by atoms with Crippen LogP contribution in [0.25, 0.3) is 0 Å². The molecule has 1 heterocycles. The molecule has 108 valence electrons. The Hall–Kier alpha value is -1.68. The van der Waals surface area contributed by atoms with Crippen LogP contribution in [0, 0.1) is 5.41 Å². The van der Waals surface area contributed by atoms with E-state index in [0.717, 1.165) is 31.6 Å². The zero-order valence-corrected chi connectivity index (χ0v) is 12.2. The summed E-state index contributed by atoms with van der Waals surface area (Å²) in [7, 11) is 1.68. The topological polar surface area (TPSA) is 49.4 Å². The Bertz CT molecular complexity index is 487. The molecule has 0 spiro atoms. The summed E-state index contributed by atoms with van der Waals surface area (Å²) in [5.41, 5.74) is 0.450. The Morgan fingerprint density at radius 2 is 2.00 bits per heavy atom. The van der Waals surface area contributed by atoms with E-state index in [-0.39, 0.29) is 17.1 Å². The first-order chi connectivity index (χ1) is 9.55. The van der Waals surface area contributed by atoms with Gasteiger partial charge in [0.2, 0.25) is 5.91 Å². The molecular formula is C16H22N2O2. The highest BCUT2D eigenvalue weighted by Gasteiger charge is 2.39. The van der Waals surface area contributed by atoms with Crippen LogP contribution in [0.5, 0.6) is 0 Å². The van der Waals surface area contributed by atoms with Gasteiger partial charge in [0, 0.05) is 32.1 Å². The van der Waals surface area contributed by atoms with Gasteiger partial charge < -0.3 is 10.2 Å². The average molecular weight is 274 g/mol. The molecule has 4 nitrogen and oxygen atoms in total. The summed E-state index contributed by atoms with van der Waals surface area (Å²) in [6.07, 6.45) is 1.36. The lowest BCUT2D eigenvalue weighted by Crippen LogP contribution is -2.39. The highest BCUT2D eigenvalue weighted by Crippen LogP contribution is 2.30. The average Bonchev–Trinajstić information content (AvgIpc) is 2.87. The van der Waals surface area contributed by atoms with Crippen LogP contribution in [0.15, 0.2) is 30.3 Å². The van der Waals surface area contributed by atoms with E-state index in [1.807, 2.05) is 37.3 Å². The molecule has 1 aliphatic heterocycles. The largest absolute Gasteiger partial charge is 0.359 e. The van der Waals surface area contributed by atoms with Gasteiger partial charge in [0.1, 0.15) is 0 Å². The number of hydrogen-bond donors (Lipinski definition) is 1. The number of ketones is 1. The fraction of sp³-hybridized carbons (Fsp3) is 0.500. The second-order valence-corrected chi connectivity index (χ2v) is 5.71. The number of nitrogens with one attached hydrogen (secondary N) is 1. The molecule has 20 heavy (non-hydrogen) atoms. The highest BCUT2D eigenvalue weighted by molar-refractivity contribution is 5.96. The van der Waals surface area contributed by atoms with Crippen LogP contribution in [0.1, 0.15) is 30.1 Å². The van der Waals surface area contributed by atoms with Crippen molar-refractivity contribution in [3.05, 3.63) is 35.9 Å². The number of benzene rings is 1. The molecule has 1 aromatic carbocycles. The van der Waals surface area contributed by atoms with Crippen molar-refractivity contribution in [2.75, 3.05) is 26.7 Å². The predicted molar refractivity (Wildman–Crippen MR) is 78.6 cm³/mol. The highest BCUT2D eigenvalue weighted by atomic mass is 16.2. The Kier molecular flexibility index (Phi) is 4.55. The van der Waals surface area contributed by atoms with Crippen LogP contribution >= 0.6 is 0 Å². The van der Waals surface area contributed by atoms with E-state index in [9.17, 15) is 9.59 Å². The monoisotopic (exact) mass is 274 g/mol. The lowest BCUT2D eigenvalue weighted by atomic mass is 9.89. The molecule has 0 radical (unpaired) electrons. The third-order valence-electron chi connectivity index (χ3n) is 4.08. The third-order valence-corrected chi connectivity index (χ3v) is 4.08. The van der Waals surface area contributed by atoms with E-state index in [1.54, 1.807) is 7.05 Å². The molecule has 1 atom stereocenters. The van der Waals surface area contributed by atoms with Gasteiger partial charge in [-0.15, -0.1) is 0 Å². The van der Waals surface area contributed by atoms with E-state index in [2.05, 4.69) is 10.2 Å². The number of Topliss-reactive ketones (excluding diaryl/α,β-unsaturated/α-hetero) is 1. The van der Waals surface area contributed by atoms with E-state index in [1.165, 1.54) is 0 Å². The van der Waals surface area contributed by atoms with Gasteiger partial charge in [0.05, 0.1) is 5.41 Å². The smallest absolute Gasteiger partial charge is 0.227 e. The number of likely N-dealkylation sites (tertiary alicyclic amines) is 1. The molecule has 1 fully saturated rings. The summed E-state index contributed by atoms with van der Waals surface area (Å²) in [4.78, 5) is 26.1. The van der Waals surface area contributed by atoms with Gasteiger partial charge in [-0.25, -0.2) is 0 Å². The van der Waals surface area contributed by atoms with Gasteiger partial charge in [-0.05, 0) is 19.9 Å². The standard InChI is InChI=1S/C16H22N2O2/c1-16(15(20)17-2)9-11-18(12-16)10-8-14(19)13-6-4-3-5-7-13/h3-7H,8-12H2,1-2H3,(H,17,20). The summed E-state index contributed by atoms with van der Waals surface area (Å²) < 4.78 is 0. The molecule has 0 aliphatic carbocycles. The molecule has 1 amide bonds. The van der Waals surface area contributed by atoms with Gasteiger partial charge in [-0.3, -0.25) is 9.59 Å². The lowest BCUT2D eigenvalue weighted by molar-refractivity contribution is -0.129. The van der Waals surface area contributed by atoms with Crippen LogP contribution in [0.3, 0.4) is 0 Å². The number of carbonyl (C=O) groups is 2. The minimum atomic E-state index is -0.315. The van der Waals surface area contributed by atoms with E-state index in [0.29, 0.717) is 6.42 Å². The van der Waals surface area contributed by atoms with E-state index < -0.39 is 0 Å². The molecule has 1 saturated heterocycles. The van der Waals surface area contributed by atoms with Crippen molar-refractivity contribution in [1.82, 2.24) is 10.2 Å². The number of nitrogens with zero attached hydrogens (tertiary/aromatic N) is 1. The van der Waals surface area contributed by atoms with Crippen LogP contribution in [0.2, 0.25) is 0 Å². The Morgan fingerprint density at radius 3 is 2.65 bits per heavy atom. The van der Waals surface area contributed by atoms with Crippen molar-refractivity contribution in [2.24, 2.45) is 5.41 Å². The van der Waals surface area contributed by atoms with Crippen molar-refractivity contribution in [3.8, 4) is 0 Å².